The summed E-state index contributed by atoms with van der Waals surface area (Å²) in [6, 6.07) is 13.7. The van der Waals surface area contributed by atoms with Crippen LogP contribution in [0.25, 0.3) is 22.0 Å². The van der Waals surface area contributed by atoms with Gasteiger partial charge in [-0.2, -0.15) is 0 Å². The van der Waals surface area contributed by atoms with Gasteiger partial charge in [0.2, 0.25) is 0 Å². The second kappa shape index (κ2) is 6.42. The third-order valence-electron chi connectivity index (χ3n) is 4.88. The molecule has 0 saturated heterocycles. The minimum Gasteiger partial charge on any atom is -0.256 e. The van der Waals surface area contributed by atoms with Gasteiger partial charge in [0.15, 0.2) is 0 Å². The summed E-state index contributed by atoms with van der Waals surface area (Å²) in [6.07, 6.45) is 2.14. The van der Waals surface area contributed by atoms with Crippen molar-refractivity contribution in [2.24, 2.45) is 0 Å². The average molecular weight is 348 g/mol. The second-order valence-corrected chi connectivity index (χ2v) is 13.6. The lowest BCUT2D eigenvalue weighted by Crippen LogP contribution is -2.38. The number of nitrogens with zero attached hydrogens (tertiary/aromatic N) is 1. The fraction of sp³-hybridized carbons (Fsp3) is 0.348. The second-order valence-electron chi connectivity index (χ2n) is 8.61. The molecule has 0 spiro atoms. The maximum atomic E-state index is 4.94. The molecule has 1 aromatic heterocycles. The first-order valence-corrected chi connectivity index (χ1v) is 12.7. The highest BCUT2D eigenvalue weighted by Crippen LogP contribution is 2.30. The zero-order valence-electron chi connectivity index (χ0n) is 16.6. The number of hydrogen-bond acceptors (Lipinski definition) is 1. The van der Waals surface area contributed by atoms with Gasteiger partial charge in [0, 0.05) is 17.1 Å². The van der Waals surface area contributed by atoms with Crippen LogP contribution in [0.15, 0.2) is 42.6 Å². The van der Waals surface area contributed by atoms with Gasteiger partial charge >= 0.3 is 0 Å². The van der Waals surface area contributed by atoms with Crippen molar-refractivity contribution in [2.45, 2.75) is 53.3 Å². The van der Waals surface area contributed by atoms with Gasteiger partial charge in [0.1, 0.15) is 0 Å². The maximum Gasteiger partial charge on any atom is 0.0804 e. The summed E-state index contributed by atoms with van der Waals surface area (Å²) in [5, 5.41) is 4.14. The molecule has 1 nitrogen and oxygen atoms in total. The van der Waals surface area contributed by atoms with E-state index >= 15 is 0 Å². The molecule has 0 atom stereocenters. The van der Waals surface area contributed by atoms with E-state index in [1.165, 1.54) is 38.2 Å². The van der Waals surface area contributed by atoms with E-state index in [1.54, 1.807) is 0 Å². The fourth-order valence-corrected chi connectivity index (χ4v) is 5.02. The van der Waals surface area contributed by atoms with Crippen LogP contribution in [0.1, 0.15) is 36.5 Å². The predicted molar refractivity (Wildman–Crippen MR) is 114 cm³/mol. The van der Waals surface area contributed by atoms with E-state index < -0.39 is 8.07 Å². The molecule has 0 bridgehead atoms. The van der Waals surface area contributed by atoms with E-state index in [-0.39, 0.29) is 0 Å². The van der Waals surface area contributed by atoms with Gasteiger partial charge < -0.3 is 0 Å². The summed E-state index contributed by atoms with van der Waals surface area (Å²) in [5.41, 5.74) is 6.32. The molecule has 0 radical (unpaired) electrons. The molecule has 0 fully saturated rings. The predicted octanol–water partition coefficient (Wildman–Crippen LogP) is 6.19. The molecular weight excluding hydrogens is 318 g/mol. The summed E-state index contributed by atoms with van der Waals surface area (Å²) >= 11 is 0. The number of aryl methyl sites for hydroxylation is 2. The smallest absolute Gasteiger partial charge is 0.0804 e. The summed E-state index contributed by atoms with van der Waals surface area (Å²) in [7, 11) is -1.46. The minimum atomic E-state index is -1.46. The molecule has 25 heavy (non-hydrogen) atoms. The number of hydrogen-bond donors (Lipinski definition) is 0. The lowest BCUT2D eigenvalue weighted by atomic mass is 9.96. The van der Waals surface area contributed by atoms with E-state index in [4.69, 9.17) is 4.98 Å². The third-order valence-corrected chi connectivity index (χ3v) is 6.90. The number of aromatic nitrogens is 1. The van der Waals surface area contributed by atoms with Crippen LogP contribution in [0.5, 0.6) is 0 Å². The molecule has 3 rings (SSSR count). The Morgan fingerprint density at radius 2 is 1.48 bits per heavy atom. The van der Waals surface area contributed by atoms with Crippen LogP contribution in [-0.4, -0.2) is 13.1 Å². The highest BCUT2D eigenvalue weighted by Gasteiger charge is 2.22. The first kappa shape index (κ1) is 17.9. The Kier molecular flexibility index (Phi) is 4.59. The van der Waals surface area contributed by atoms with Crippen LogP contribution >= 0.6 is 0 Å². The van der Waals surface area contributed by atoms with Gasteiger partial charge in [-0.25, -0.2) is 0 Å². The van der Waals surface area contributed by atoms with Crippen molar-refractivity contribution in [3.05, 3.63) is 59.3 Å². The standard InChI is InChI=1S/C23H29NSi/c1-15(2)18-8-9-20-21(13-18)22(25(5,6)7)14-24-23(20)19-11-16(3)10-17(4)12-19/h8-15H,1-7H3. The van der Waals surface area contributed by atoms with Crippen molar-refractivity contribution < 1.29 is 0 Å². The topological polar surface area (TPSA) is 12.9 Å². The molecule has 0 aliphatic heterocycles. The number of fused-ring (bicyclic) bond motifs is 1. The number of pyridine rings is 1. The van der Waals surface area contributed by atoms with Crippen LogP contribution in [0.2, 0.25) is 19.6 Å². The Hall–Kier alpha value is -1.93. The van der Waals surface area contributed by atoms with Gasteiger partial charge in [-0.1, -0.05) is 68.9 Å². The fourth-order valence-electron chi connectivity index (χ4n) is 3.56. The quantitative estimate of drug-likeness (QED) is 0.515. The Labute approximate surface area is 153 Å². The van der Waals surface area contributed by atoms with E-state index in [2.05, 4.69) is 89.9 Å². The molecule has 2 heteroatoms. The molecule has 0 aliphatic carbocycles. The highest BCUT2D eigenvalue weighted by atomic mass is 28.3. The maximum absolute atomic E-state index is 4.94. The molecule has 130 valence electrons. The van der Waals surface area contributed by atoms with E-state index in [0.29, 0.717) is 5.92 Å². The van der Waals surface area contributed by atoms with Gasteiger partial charge in [0.25, 0.3) is 0 Å². The summed E-state index contributed by atoms with van der Waals surface area (Å²) in [6.45, 7) is 16.1. The van der Waals surface area contributed by atoms with Crippen molar-refractivity contribution in [1.29, 1.82) is 0 Å². The van der Waals surface area contributed by atoms with Crippen molar-refractivity contribution in [3.63, 3.8) is 0 Å². The Morgan fingerprint density at radius 1 is 0.840 bits per heavy atom. The van der Waals surface area contributed by atoms with E-state index in [9.17, 15) is 0 Å². The minimum absolute atomic E-state index is 0.539. The van der Waals surface area contributed by atoms with Crippen LogP contribution in [0, 0.1) is 13.8 Å². The van der Waals surface area contributed by atoms with Crippen LogP contribution in [0.3, 0.4) is 0 Å². The van der Waals surface area contributed by atoms with Crippen molar-refractivity contribution in [2.75, 3.05) is 0 Å². The Morgan fingerprint density at radius 3 is 2.04 bits per heavy atom. The molecule has 2 aromatic carbocycles. The molecule has 0 aliphatic rings. The van der Waals surface area contributed by atoms with E-state index in [1.807, 2.05) is 0 Å². The lowest BCUT2D eigenvalue weighted by molar-refractivity contribution is 0.869. The Bertz CT molecular complexity index is 912. The molecular formula is C23H29NSi. The normalized spacial score (nSPS) is 12.2. The van der Waals surface area contributed by atoms with Gasteiger partial charge in [-0.3, -0.25) is 4.98 Å². The monoisotopic (exact) mass is 347 g/mol. The third kappa shape index (κ3) is 3.54. The molecule has 3 aromatic rings. The molecule has 0 unspecified atom stereocenters. The Balaban J connectivity index is 2.35. The lowest BCUT2D eigenvalue weighted by Gasteiger charge is -2.21. The van der Waals surface area contributed by atoms with Gasteiger partial charge in [-0.05, 0) is 48.0 Å². The first-order chi connectivity index (χ1) is 11.7. The summed E-state index contributed by atoms with van der Waals surface area (Å²) in [4.78, 5) is 4.94. The van der Waals surface area contributed by atoms with Crippen LogP contribution in [0.4, 0.5) is 0 Å². The van der Waals surface area contributed by atoms with Gasteiger partial charge in [0.05, 0.1) is 13.8 Å². The average Bonchev–Trinajstić information content (AvgIpc) is 2.51. The molecule has 0 N–H and O–H groups in total. The van der Waals surface area contributed by atoms with Crippen molar-refractivity contribution in [1.82, 2.24) is 4.98 Å². The molecule has 0 saturated carbocycles. The number of benzene rings is 2. The zero-order chi connectivity index (χ0) is 18.4. The van der Waals surface area contributed by atoms with E-state index in [0.717, 1.165) is 5.69 Å². The summed E-state index contributed by atoms with van der Waals surface area (Å²) in [5.74, 6) is 0.539. The van der Waals surface area contributed by atoms with Crippen LogP contribution in [-0.2, 0) is 0 Å². The van der Waals surface area contributed by atoms with Gasteiger partial charge in [-0.15, -0.1) is 0 Å². The number of rotatable bonds is 3. The summed E-state index contributed by atoms with van der Waals surface area (Å²) < 4.78 is 0. The van der Waals surface area contributed by atoms with Crippen molar-refractivity contribution >= 4 is 24.0 Å². The SMILES string of the molecule is Cc1cc(C)cc(-c2ncc([Si](C)(C)C)c3cc(C(C)C)ccc23)c1. The van der Waals surface area contributed by atoms with Crippen molar-refractivity contribution in [3.8, 4) is 11.3 Å². The highest BCUT2D eigenvalue weighted by molar-refractivity contribution is 6.90. The zero-order valence-corrected chi connectivity index (χ0v) is 17.6. The largest absolute Gasteiger partial charge is 0.256 e. The molecule has 0 amide bonds. The van der Waals surface area contributed by atoms with Crippen LogP contribution < -0.4 is 5.19 Å². The molecule has 1 heterocycles. The first-order valence-electron chi connectivity index (χ1n) is 9.18.